The smallest absolute Gasteiger partial charge is 0.156 e. The first-order valence-electron chi connectivity index (χ1n) is 4.21. The van der Waals surface area contributed by atoms with Crippen LogP contribution in [0.3, 0.4) is 0 Å². The molecule has 0 aliphatic rings. The van der Waals surface area contributed by atoms with Gasteiger partial charge in [-0.2, -0.15) is 5.10 Å². The molecule has 2 aromatic rings. The van der Waals surface area contributed by atoms with E-state index in [-0.39, 0.29) is 0 Å². The molecule has 0 fully saturated rings. The highest BCUT2D eigenvalue weighted by atomic mass is 15.3. The van der Waals surface area contributed by atoms with Gasteiger partial charge in [0, 0.05) is 18.6 Å². The molecule has 0 atom stereocenters. The molecule has 0 unspecified atom stereocenters. The van der Waals surface area contributed by atoms with Gasteiger partial charge in [-0.1, -0.05) is 0 Å². The Hall–Kier alpha value is -1.64. The van der Waals surface area contributed by atoms with Crippen molar-refractivity contribution in [2.45, 2.75) is 13.8 Å². The Labute approximate surface area is 77.0 Å². The molecule has 0 aliphatic carbocycles. The zero-order valence-electron chi connectivity index (χ0n) is 7.73. The number of hydrogen-bond acceptors (Lipinski definition) is 2. The van der Waals surface area contributed by atoms with Crippen molar-refractivity contribution in [3.63, 3.8) is 0 Å². The fourth-order valence-electron chi connectivity index (χ4n) is 1.24. The molecule has 13 heavy (non-hydrogen) atoms. The minimum Gasteiger partial charge on any atom is -0.237 e. The van der Waals surface area contributed by atoms with E-state index in [0.717, 1.165) is 5.82 Å². The lowest BCUT2D eigenvalue weighted by Gasteiger charge is -2.06. The lowest BCUT2D eigenvalue weighted by molar-refractivity contribution is 0.835. The Balaban J connectivity index is 2.59. The first-order valence-corrected chi connectivity index (χ1v) is 4.21. The molecule has 2 rings (SSSR count). The van der Waals surface area contributed by atoms with Crippen molar-refractivity contribution in [1.29, 1.82) is 0 Å². The minimum atomic E-state index is 0.907. The molecule has 2 aromatic heterocycles. The summed E-state index contributed by atoms with van der Waals surface area (Å²) in [4.78, 5) is 4.28. The monoisotopic (exact) mass is 173 g/mol. The van der Waals surface area contributed by atoms with Gasteiger partial charge in [-0.25, -0.2) is 9.67 Å². The number of aryl methyl sites for hydroxylation is 1. The second-order valence-electron chi connectivity index (χ2n) is 3.03. The molecule has 3 heteroatoms. The van der Waals surface area contributed by atoms with Crippen molar-refractivity contribution in [1.82, 2.24) is 14.8 Å². The van der Waals surface area contributed by atoms with E-state index in [1.54, 1.807) is 17.1 Å². The molecule has 0 bridgehead atoms. The van der Waals surface area contributed by atoms with Crippen molar-refractivity contribution in [2.75, 3.05) is 0 Å². The summed E-state index contributed by atoms with van der Waals surface area (Å²) in [5.74, 6) is 0.907. The van der Waals surface area contributed by atoms with Crippen molar-refractivity contribution < 1.29 is 0 Å². The minimum absolute atomic E-state index is 0.907. The van der Waals surface area contributed by atoms with Gasteiger partial charge in [0.05, 0.1) is 0 Å². The summed E-state index contributed by atoms with van der Waals surface area (Å²) < 4.78 is 1.78. The number of hydrogen-bond donors (Lipinski definition) is 0. The largest absolute Gasteiger partial charge is 0.237 e. The molecule has 0 spiro atoms. The zero-order valence-corrected chi connectivity index (χ0v) is 7.73. The first-order chi connectivity index (χ1) is 6.29. The van der Waals surface area contributed by atoms with Gasteiger partial charge in [-0.15, -0.1) is 0 Å². The Morgan fingerprint density at radius 2 is 2.08 bits per heavy atom. The van der Waals surface area contributed by atoms with Crippen LogP contribution in [-0.2, 0) is 0 Å². The summed E-state index contributed by atoms with van der Waals surface area (Å²) in [6.07, 6.45) is 5.46. The van der Waals surface area contributed by atoms with E-state index in [1.807, 2.05) is 18.3 Å². The van der Waals surface area contributed by atoms with Gasteiger partial charge < -0.3 is 0 Å². The molecule has 0 radical (unpaired) electrons. The summed E-state index contributed by atoms with van der Waals surface area (Å²) >= 11 is 0. The van der Waals surface area contributed by atoms with E-state index in [0.29, 0.717) is 0 Å². The molecule has 0 amide bonds. The van der Waals surface area contributed by atoms with Crippen LogP contribution in [0.5, 0.6) is 0 Å². The maximum Gasteiger partial charge on any atom is 0.156 e. The maximum atomic E-state index is 4.28. The van der Waals surface area contributed by atoms with Crippen LogP contribution in [-0.4, -0.2) is 14.8 Å². The van der Waals surface area contributed by atoms with Gasteiger partial charge in [0.2, 0.25) is 0 Å². The average molecular weight is 173 g/mol. The number of nitrogens with zero attached hydrogens (tertiary/aromatic N) is 3. The van der Waals surface area contributed by atoms with Crippen LogP contribution < -0.4 is 0 Å². The third-order valence-corrected chi connectivity index (χ3v) is 2.17. The fourth-order valence-corrected chi connectivity index (χ4v) is 1.24. The second-order valence-corrected chi connectivity index (χ2v) is 3.03. The van der Waals surface area contributed by atoms with Crippen LogP contribution in [0, 0.1) is 13.8 Å². The number of aromatic nitrogens is 3. The summed E-state index contributed by atoms with van der Waals surface area (Å²) in [5, 5.41) is 4.14. The van der Waals surface area contributed by atoms with Crippen LogP contribution >= 0.6 is 0 Å². The van der Waals surface area contributed by atoms with Gasteiger partial charge in [-0.3, -0.25) is 0 Å². The van der Waals surface area contributed by atoms with Crippen LogP contribution in [0.15, 0.2) is 30.7 Å². The third kappa shape index (κ3) is 1.33. The molecule has 0 saturated carbocycles. The maximum absolute atomic E-state index is 4.28. The summed E-state index contributed by atoms with van der Waals surface area (Å²) in [5.41, 5.74) is 2.41. The van der Waals surface area contributed by atoms with Gasteiger partial charge in [0.1, 0.15) is 0 Å². The van der Waals surface area contributed by atoms with Gasteiger partial charge in [0.15, 0.2) is 5.82 Å². The van der Waals surface area contributed by atoms with E-state index < -0.39 is 0 Å². The molecular formula is C10H11N3. The summed E-state index contributed by atoms with van der Waals surface area (Å²) in [6.45, 7) is 4.13. The molecule has 0 saturated heterocycles. The first kappa shape index (κ1) is 7.98. The van der Waals surface area contributed by atoms with Crippen molar-refractivity contribution in [3.05, 3.63) is 41.9 Å². The Bertz CT molecular complexity index is 404. The second kappa shape index (κ2) is 3.01. The molecule has 2 heterocycles. The van der Waals surface area contributed by atoms with Crippen molar-refractivity contribution >= 4 is 0 Å². The van der Waals surface area contributed by atoms with E-state index in [1.165, 1.54) is 11.1 Å². The van der Waals surface area contributed by atoms with Gasteiger partial charge >= 0.3 is 0 Å². The lowest BCUT2D eigenvalue weighted by atomic mass is 10.2. The summed E-state index contributed by atoms with van der Waals surface area (Å²) in [6, 6.07) is 3.89. The Morgan fingerprint density at radius 1 is 1.23 bits per heavy atom. The van der Waals surface area contributed by atoms with E-state index in [9.17, 15) is 0 Å². The predicted molar refractivity (Wildman–Crippen MR) is 50.8 cm³/mol. The zero-order chi connectivity index (χ0) is 9.26. The van der Waals surface area contributed by atoms with Crippen LogP contribution in [0.4, 0.5) is 0 Å². The fraction of sp³-hybridized carbons (Fsp3) is 0.200. The SMILES string of the molecule is Cc1ccnc(-n2cccn2)c1C. The molecule has 66 valence electrons. The highest BCUT2D eigenvalue weighted by Gasteiger charge is 2.03. The Kier molecular flexibility index (Phi) is 1.85. The number of rotatable bonds is 1. The van der Waals surface area contributed by atoms with Gasteiger partial charge in [0.25, 0.3) is 0 Å². The van der Waals surface area contributed by atoms with E-state index in [2.05, 4.69) is 23.9 Å². The Morgan fingerprint density at radius 3 is 2.77 bits per heavy atom. The van der Waals surface area contributed by atoms with Gasteiger partial charge in [-0.05, 0) is 37.1 Å². The molecule has 0 N–H and O–H groups in total. The number of pyridine rings is 1. The highest BCUT2D eigenvalue weighted by Crippen LogP contribution is 2.12. The topological polar surface area (TPSA) is 30.7 Å². The molecular weight excluding hydrogens is 162 g/mol. The quantitative estimate of drug-likeness (QED) is 0.659. The van der Waals surface area contributed by atoms with E-state index in [4.69, 9.17) is 0 Å². The highest BCUT2D eigenvalue weighted by molar-refractivity contribution is 5.37. The lowest BCUT2D eigenvalue weighted by Crippen LogP contribution is -2.01. The van der Waals surface area contributed by atoms with Crippen LogP contribution in [0.25, 0.3) is 5.82 Å². The van der Waals surface area contributed by atoms with Crippen molar-refractivity contribution in [2.24, 2.45) is 0 Å². The molecule has 3 nitrogen and oxygen atoms in total. The summed E-state index contributed by atoms with van der Waals surface area (Å²) in [7, 11) is 0. The van der Waals surface area contributed by atoms with Crippen LogP contribution in [0.2, 0.25) is 0 Å². The van der Waals surface area contributed by atoms with E-state index >= 15 is 0 Å². The molecule has 0 aromatic carbocycles. The molecule has 0 aliphatic heterocycles. The normalized spacial score (nSPS) is 10.3. The standard InChI is InChI=1S/C10H11N3/c1-8-4-6-11-10(9(8)2)13-7-3-5-12-13/h3-7H,1-2H3. The van der Waals surface area contributed by atoms with Crippen molar-refractivity contribution in [3.8, 4) is 5.82 Å². The average Bonchev–Trinajstić information content (AvgIpc) is 2.62. The predicted octanol–water partition coefficient (Wildman–Crippen LogP) is 1.88. The van der Waals surface area contributed by atoms with Crippen LogP contribution in [0.1, 0.15) is 11.1 Å². The third-order valence-electron chi connectivity index (χ3n) is 2.17.